The monoisotopic (exact) mass is 210 g/mol. The van der Waals surface area contributed by atoms with Crippen molar-refractivity contribution >= 4 is 22.9 Å². The summed E-state index contributed by atoms with van der Waals surface area (Å²) >= 11 is 1.54. The van der Waals surface area contributed by atoms with Crippen molar-refractivity contribution in [2.75, 3.05) is 19.5 Å². The molecule has 0 fully saturated rings. The van der Waals surface area contributed by atoms with Crippen molar-refractivity contribution in [2.24, 2.45) is 0 Å². The maximum Gasteiger partial charge on any atom is 0.256 e. The summed E-state index contributed by atoms with van der Waals surface area (Å²) in [5.74, 6) is 0.844. The van der Waals surface area contributed by atoms with Gasteiger partial charge in [0.05, 0.1) is 12.8 Å². The van der Waals surface area contributed by atoms with Crippen LogP contribution in [0.15, 0.2) is 28.1 Å². The van der Waals surface area contributed by atoms with Crippen molar-refractivity contribution in [3.8, 4) is 0 Å². The first-order chi connectivity index (χ1) is 6.90. The molecule has 4 nitrogen and oxygen atoms in total. The van der Waals surface area contributed by atoms with E-state index in [1.165, 1.54) is 0 Å². The fourth-order valence-corrected chi connectivity index (χ4v) is 1.77. The first kappa shape index (κ1) is 9.48. The maximum atomic E-state index is 5.47. The zero-order chi connectivity index (χ0) is 9.80. The van der Waals surface area contributed by atoms with E-state index in [4.69, 9.17) is 9.15 Å². The predicted molar refractivity (Wildman–Crippen MR) is 54.4 cm³/mol. The Morgan fingerprint density at radius 3 is 3.29 bits per heavy atom. The van der Waals surface area contributed by atoms with E-state index < -0.39 is 0 Å². The Balaban J connectivity index is 2.11. The third kappa shape index (κ3) is 2.05. The number of hydrogen-bond donors (Lipinski definition) is 0. The van der Waals surface area contributed by atoms with E-state index in [-0.39, 0.29) is 0 Å². The summed E-state index contributed by atoms with van der Waals surface area (Å²) in [5.41, 5.74) is 1.58. The van der Waals surface area contributed by atoms with Crippen LogP contribution in [0.1, 0.15) is 0 Å². The topological polar surface area (TPSA) is 48.2 Å². The molecule has 0 aliphatic carbocycles. The highest BCUT2D eigenvalue weighted by atomic mass is 32.2. The highest BCUT2D eigenvalue weighted by Gasteiger charge is 2.04. The van der Waals surface area contributed by atoms with E-state index in [9.17, 15) is 0 Å². The second kappa shape index (κ2) is 4.43. The molecule has 0 radical (unpaired) electrons. The molecule has 74 valence electrons. The molecule has 5 heteroatoms. The molecule has 14 heavy (non-hydrogen) atoms. The summed E-state index contributed by atoms with van der Waals surface area (Å²) in [4.78, 5) is 8.23. The number of pyridine rings is 1. The van der Waals surface area contributed by atoms with Crippen LogP contribution in [0.5, 0.6) is 0 Å². The van der Waals surface area contributed by atoms with Gasteiger partial charge in [-0.1, -0.05) is 11.8 Å². The molecular formula is C9H10N2O2S. The lowest BCUT2D eigenvalue weighted by Crippen LogP contribution is -1.90. The zero-order valence-electron chi connectivity index (χ0n) is 7.77. The smallest absolute Gasteiger partial charge is 0.256 e. The summed E-state index contributed by atoms with van der Waals surface area (Å²) < 4.78 is 10.4. The molecule has 2 heterocycles. The summed E-state index contributed by atoms with van der Waals surface area (Å²) in [6, 6.07) is 1.81. The largest absolute Gasteiger partial charge is 0.431 e. The van der Waals surface area contributed by atoms with E-state index in [1.807, 2.05) is 6.07 Å². The van der Waals surface area contributed by atoms with Crippen LogP contribution < -0.4 is 0 Å². The summed E-state index contributed by atoms with van der Waals surface area (Å²) in [6.07, 6.45) is 3.39. The van der Waals surface area contributed by atoms with Crippen LogP contribution >= 0.6 is 11.8 Å². The Bertz CT molecular complexity index is 383. The van der Waals surface area contributed by atoms with Crippen molar-refractivity contribution in [3.63, 3.8) is 0 Å². The minimum atomic E-state index is 0.671. The van der Waals surface area contributed by atoms with Gasteiger partial charge in [0.15, 0.2) is 5.58 Å². The summed E-state index contributed by atoms with van der Waals surface area (Å²) in [6.45, 7) is 0.696. The summed E-state index contributed by atoms with van der Waals surface area (Å²) in [7, 11) is 1.68. The number of methoxy groups -OCH3 is 1. The van der Waals surface area contributed by atoms with Gasteiger partial charge in [0.1, 0.15) is 5.52 Å². The molecule has 0 unspecified atom stereocenters. The molecule has 0 spiro atoms. The van der Waals surface area contributed by atoms with Gasteiger partial charge in [0, 0.05) is 25.1 Å². The van der Waals surface area contributed by atoms with Crippen molar-refractivity contribution < 1.29 is 9.15 Å². The Hall–Kier alpha value is -1.07. The Labute approximate surface area is 85.7 Å². The van der Waals surface area contributed by atoms with E-state index in [2.05, 4.69) is 9.97 Å². The Morgan fingerprint density at radius 2 is 2.50 bits per heavy atom. The third-order valence-corrected chi connectivity index (χ3v) is 2.48. The molecule has 2 aromatic heterocycles. The predicted octanol–water partition coefficient (Wildman–Crippen LogP) is 1.96. The van der Waals surface area contributed by atoms with Gasteiger partial charge in [-0.2, -0.15) is 0 Å². The van der Waals surface area contributed by atoms with Crippen LogP contribution in [0, 0.1) is 0 Å². The molecule has 0 aliphatic rings. The minimum absolute atomic E-state index is 0.671. The molecule has 0 saturated carbocycles. The fourth-order valence-electron chi connectivity index (χ4n) is 1.03. The van der Waals surface area contributed by atoms with Gasteiger partial charge in [-0.3, -0.25) is 4.98 Å². The molecule has 0 amide bonds. The first-order valence-corrected chi connectivity index (χ1v) is 5.21. The van der Waals surface area contributed by atoms with Crippen LogP contribution in [-0.2, 0) is 4.74 Å². The van der Waals surface area contributed by atoms with Gasteiger partial charge in [-0.15, -0.1) is 0 Å². The van der Waals surface area contributed by atoms with E-state index >= 15 is 0 Å². The molecule has 0 saturated heterocycles. The number of rotatable bonds is 4. The average Bonchev–Trinajstić information content (AvgIpc) is 2.60. The lowest BCUT2D eigenvalue weighted by Gasteiger charge is -1.93. The molecule has 2 rings (SSSR count). The molecule has 0 N–H and O–H groups in total. The molecule has 2 aromatic rings. The highest BCUT2D eigenvalue weighted by Crippen LogP contribution is 2.21. The van der Waals surface area contributed by atoms with Crippen LogP contribution in [-0.4, -0.2) is 29.4 Å². The minimum Gasteiger partial charge on any atom is -0.431 e. The standard InChI is InChI=1S/C9H10N2O2S/c1-12-4-5-14-9-11-7-6-10-3-2-8(7)13-9/h2-3,6H,4-5H2,1H3. The molecule has 0 aliphatic heterocycles. The Morgan fingerprint density at radius 1 is 1.57 bits per heavy atom. The summed E-state index contributed by atoms with van der Waals surface area (Å²) in [5, 5.41) is 0.671. The SMILES string of the molecule is COCCSc1nc2cnccc2o1. The lowest BCUT2D eigenvalue weighted by atomic mass is 10.4. The van der Waals surface area contributed by atoms with Crippen molar-refractivity contribution in [3.05, 3.63) is 18.5 Å². The van der Waals surface area contributed by atoms with Gasteiger partial charge in [-0.05, 0) is 0 Å². The molecule has 0 bridgehead atoms. The van der Waals surface area contributed by atoms with E-state index in [0.717, 1.165) is 16.9 Å². The van der Waals surface area contributed by atoms with Gasteiger partial charge in [-0.25, -0.2) is 4.98 Å². The number of oxazole rings is 1. The number of hydrogen-bond acceptors (Lipinski definition) is 5. The Kier molecular flexibility index (Phi) is 3.00. The number of nitrogens with zero attached hydrogens (tertiary/aromatic N) is 2. The maximum absolute atomic E-state index is 5.47. The van der Waals surface area contributed by atoms with Gasteiger partial charge < -0.3 is 9.15 Å². The van der Waals surface area contributed by atoms with Gasteiger partial charge >= 0.3 is 0 Å². The van der Waals surface area contributed by atoms with Gasteiger partial charge in [0.2, 0.25) is 0 Å². The van der Waals surface area contributed by atoms with Crippen LogP contribution in [0.3, 0.4) is 0 Å². The van der Waals surface area contributed by atoms with Crippen LogP contribution in [0.2, 0.25) is 0 Å². The van der Waals surface area contributed by atoms with E-state index in [1.54, 1.807) is 31.3 Å². The fraction of sp³-hybridized carbons (Fsp3) is 0.333. The third-order valence-electron chi connectivity index (χ3n) is 1.68. The van der Waals surface area contributed by atoms with Crippen molar-refractivity contribution in [1.82, 2.24) is 9.97 Å². The highest BCUT2D eigenvalue weighted by molar-refractivity contribution is 7.99. The number of ether oxygens (including phenoxy) is 1. The van der Waals surface area contributed by atoms with Crippen molar-refractivity contribution in [2.45, 2.75) is 5.22 Å². The molecule has 0 atom stereocenters. The number of aromatic nitrogens is 2. The normalized spacial score (nSPS) is 10.9. The lowest BCUT2D eigenvalue weighted by molar-refractivity contribution is 0.218. The number of fused-ring (bicyclic) bond motifs is 1. The quantitative estimate of drug-likeness (QED) is 0.570. The molecule has 0 aromatic carbocycles. The van der Waals surface area contributed by atoms with E-state index in [0.29, 0.717) is 11.8 Å². The van der Waals surface area contributed by atoms with Crippen LogP contribution in [0.4, 0.5) is 0 Å². The number of thioether (sulfide) groups is 1. The molecular weight excluding hydrogens is 200 g/mol. The average molecular weight is 210 g/mol. The van der Waals surface area contributed by atoms with Crippen molar-refractivity contribution in [1.29, 1.82) is 0 Å². The van der Waals surface area contributed by atoms with Gasteiger partial charge in [0.25, 0.3) is 5.22 Å². The second-order valence-electron chi connectivity index (χ2n) is 2.66. The van der Waals surface area contributed by atoms with Crippen LogP contribution in [0.25, 0.3) is 11.1 Å². The first-order valence-electron chi connectivity index (χ1n) is 4.22. The second-order valence-corrected chi connectivity index (χ2v) is 3.71. The zero-order valence-corrected chi connectivity index (χ0v) is 8.58.